The quantitative estimate of drug-likeness (QED) is 0.169. The van der Waals surface area contributed by atoms with Crippen LogP contribution >= 0.6 is 0 Å². The molecule has 11 heteroatoms. The summed E-state index contributed by atoms with van der Waals surface area (Å²) in [6.07, 6.45) is -3.47. The molecule has 42 heavy (non-hydrogen) atoms. The lowest BCUT2D eigenvalue weighted by Gasteiger charge is -2.21. The molecule has 7 nitrogen and oxygen atoms in total. The maximum atomic E-state index is 13.6. The fourth-order valence-electron chi connectivity index (χ4n) is 3.98. The molecule has 1 aromatic heterocycles. The van der Waals surface area contributed by atoms with E-state index >= 15 is 0 Å². The Morgan fingerprint density at radius 3 is 2.21 bits per heavy atom. The van der Waals surface area contributed by atoms with Gasteiger partial charge in [-0.3, -0.25) is 4.79 Å². The molecule has 0 aliphatic rings. The molecule has 0 fully saturated rings. The largest absolute Gasteiger partial charge is 0.460 e. The van der Waals surface area contributed by atoms with E-state index in [2.05, 4.69) is 5.32 Å². The minimum atomic E-state index is -4.60. The average Bonchev–Trinajstić information content (AvgIpc) is 3.39. The number of nitriles is 1. The van der Waals surface area contributed by atoms with Crippen molar-refractivity contribution in [2.75, 3.05) is 5.32 Å². The zero-order chi connectivity index (χ0) is 30.5. The van der Waals surface area contributed by atoms with E-state index in [-0.39, 0.29) is 35.2 Å². The van der Waals surface area contributed by atoms with E-state index < -0.39 is 33.2 Å². The molecule has 216 valence electrons. The molecular formula is C31H26F3N3O4S. The fourth-order valence-corrected chi connectivity index (χ4v) is 5.37. The van der Waals surface area contributed by atoms with Crippen LogP contribution in [-0.4, -0.2) is 18.6 Å². The van der Waals surface area contributed by atoms with Crippen LogP contribution in [0, 0.1) is 25.2 Å². The van der Waals surface area contributed by atoms with E-state index in [1.165, 1.54) is 34.6 Å². The lowest BCUT2D eigenvalue weighted by atomic mass is 10.1. The summed E-state index contributed by atoms with van der Waals surface area (Å²) in [6.45, 7) is 3.70. The van der Waals surface area contributed by atoms with Gasteiger partial charge in [-0.2, -0.15) is 22.7 Å². The first-order chi connectivity index (χ1) is 19.8. The maximum Gasteiger partial charge on any atom is 0.416 e. The van der Waals surface area contributed by atoms with Crippen molar-refractivity contribution in [3.05, 3.63) is 124 Å². The summed E-state index contributed by atoms with van der Waals surface area (Å²) < 4.78 is 73.2. The summed E-state index contributed by atoms with van der Waals surface area (Å²) in [7, 11) is -3.94. The van der Waals surface area contributed by atoms with Crippen molar-refractivity contribution in [3.63, 3.8) is 0 Å². The summed E-state index contributed by atoms with van der Waals surface area (Å²) in [5.74, 6) is -0.596. The molecule has 0 atom stereocenters. The number of furan rings is 1. The number of amides is 1. The molecule has 1 heterocycles. The predicted molar refractivity (Wildman–Crippen MR) is 151 cm³/mol. The molecule has 4 rings (SSSR count). The number of carbonyl (C=O) groups is 1. The van der Waals surface area contributed by atoms with Gasteiger partial charge in [0.2, 0.25) is 10.0 Å². The van der Waals surface area contributed by atoms with Crippen LogP contribution in [0.3, 0.4) is 0 Å². The molecule has 0 unspecified atom stereocenters. The van der Waals surface area contributed by atoms with E-state index in [4.69, 9.17) is 4.42 Å². The van der Waals surface area contributed by atoms with Crippen molar-refractivity contribution < 1.29 is 30.8 Å². The first kappa shape index (κ1) is 30.3. The number of halogens is 3. The number of nitrogens with zero attached hydrogens (tertiary/aromatic N) is 2. The molecule has 0 radical (unpaired) electrons. The monoisotopic (exact) mass is 593 g/mol. The van der Waals surface area contributed by atoms with E-state index in [0.29, 0.717) is 0 Å². The Kier molecular flexibility index (Phi) is 8.99. The topological polar surface area (TPSA) is 103 Å². The summed E-state index contributed by atoms with van der Waals surface area (Å²) in [6, 6.07) is 22.7. The molecule has 1 N–H and O–H groups in total. The number of nitrogens with one attached hydrogen (secondary N) is 1. The van der Waals surface area contributed by atoms with Gasteiger partial charge in [0.05, 0.1) is 17.0 Å². The number of rotatable bonds is 9. The van der Waals surface area contributed by atoms with Gasteiger partial charge in [-0.25, -0.2) is 8.42 Å². The summed E-state index contributed by atoms with van der Waals surface area (Å²) >= 11 is 0. The van der Waals surface area contributed by atoms with Crippen LogP contribution < -0.4 is 5.32 Å². The van der Waals surface area contributed by atoms with Crippen LogP contribution in [0.4, 0.5) is 18.9 Å². The Morgan fingerprint density at radius 1 is 0.952 bits per heavy atom. The van der Waals surface area contributed by atoms with Crippen LogP contribution in [0.5, 0.6) is 0 Å². The van der Waals surface area contributed by atoms with Crippen LogP contribution in [-0.2, 0) is 34.1 Å². The molecule has 1 amide bonds. The van der Waals surface area contributed by atoms with E-state index in [1.807, 2.05) is 38.1 Å². The average molecular weight is 594 g/mol. The zero-order valence-corrected chi connectivity index (χ0v) is 23.5. The number of alkyl halides is 3. The van der Waals surface area contributed by atoms with Crippen molar-refractivity contribution in [3.8, 4) is 6.07 Å². The lowest BCUT2D eigenvalue weighted by molar-refractivity contribution is -0.137. The first-order valence-corrected chi connectivity index (χ1v) is 14.1. The van der Waals surface area contributed by atoms with Crippen molar-refractivity contribution in [2.24, 2.45) is 0 Å². The third-order valence-corrected chi connectivity index (χ3v) is 8.06. The second kappa shape index (κ2) is 12.5. The van der Waals surface area contributed by atoms with Crippen molar-refractivity contribution in [1.82, 2.24) is 4.31 Å². The summed E-state index contributed by atoms with van der Waals surface area (Å²) in [4.78, 5) is 12.7. The molecule has 0 saturated heterocycles. The van der Waals surface area contributed by atoms with Crippen LogP contribution in [0.1, 0.15) is 33.8 Å². The molecule has 0 spiro atoms. The Balaban J connectivity index is 1.57. The van der Waals surface area contributed by atoms with Gasteiger partial charge in [-0.1, -0.05) is 53.6 Å². The highest BCUT2D eigenvalue weighted by atomic mass is 32.2. The fraction of sp³-hybridized carbons (Fsp3) is 0.161. The minimum Gasteiger partial charge on any atom is -0.460 e. The number of anilines is 1. The van der Waals surface area contributed by atoms with Gasteiger partial charge < -0.3 is 9.73 Å². The molecule has 4 aromatic rings. The number of carbonyl (C=O) groups excluding carboxylic acids is 1. The van der Waals surface area contributed by atoms with Gasteiger partial charge in [-0.15, -0.1) is 0 Å². The van der Waals surface area contributed by atoms with Gasteiger partial charge in [0, 0.05) is 18.3 Å². The standard InChI is InChI=1S/C31H26F3N3O4S/c1-21-6-10-23(11-7-21)19-37(42(39,40)29-14-8-22(2)9-15-29)20-28-13-12-27(41-28)16-24(18-35)30(38)36-26-5-3-4-25(17-26)31(32,33)34/h3-17H,19-20H2,1-2H3,(H,36,38). The Labute approximate surface area is 241 Å². The number of hydrogen-bond donors (Lipinski definition) is 1. The maximum absolute atomic E-state index is 13.6. The smallest absolute Gasteiger partial charge is 0.416 e. The molecule has 0 bridgehead atoms. The SMILES string of the molecule is Cc1ccc(CN(Cc2ccc(C=C(C#N)C(=O)Nc3cccc(C(F)(F)F)c3)o2)S(=O)(=O)c2ccc(C)cc2)cc1. The second-order valence-corrected chi connectivity index (χ2v) is 11.5. The van der Waals surface area contributed by atoms with Crippen LogP contribution in [0.15, 0.2) is 99.8 Å². The predicted octanol–water partition coefficient (Wildman–Crippen LogP) is 6.85. The van der Waals surface area contributed by atoms with Crippen molar-refractivity contribution in [2.45, 2.75) is 38.0 Å². The molecule has 0 aliphatic heterocycles. The van der Waals surface area contributed by atoms with Crippen molar-refractivity contribution in [1.29, 1.82) is 5.26 Å². The zero-order valence-electron chi connectivity index (χ0n) is 22.6. The highest BCUT2D eigenvalue weighted by molar-refractivity contribution is 7.89. The van der Waals surface area contributed by atoms with Crippen LogP contribution in [0.25, 0.3) is 6.08 Å². The number of hydrogen-bond acceptors (Lipinski definition) is 5. The van der Waals surface area contributed by atoms with Gasteiger partial charge in [-0.05, 0) is 61.9 Å². The Hall–Kier alpha value is -4.66. The van der Waals surface area contributed by atoms with E-state index in [1.54, 1.807) is 18.2 Å². The van der Waals surface area contributed by atoms with Crippen LogP contribution in [0.2, 0.25) is 0 Å². The van der Waals surface area contributed by atoms with E-state index in [0.717, 1.165) is 41.0 Å². The van der Waals surface area contributed by atoms with Crippen molar-refractivity contribution >= 4 is 27.7 Å². The Morgan fingerprint density at radius 2 is 1.60 bits per heavy atom. The number of aryl methyl sites for hydroxylation is 2. The molecular weight excluding hydrogens is 567 g/mol. The molecule has 0 aliphatic carbocycles. The minimum absolute atomic E-state index is 0.0607. The first-order valence-electron chi connectivity index (χ1n) is 12.7. The highest BCUT2D eigenvalue weighted by Crippen LogP contribution is 2.31. The normalized spacial score (nSPS) is 12.3. The molecule has 0 saturated carbocycles. The third-order valence-electron chi connectivity index (χ3n) is 6.25. The second-order valence-electron chi connectivity index (χ2n) is 9.58. The van der Waals surface area contributed by atoms with E-state index in [9.17, 15) is 31.6 Å². The lowest BCUT2D eigenvalue weighted by Crippen LogP contribution is -2.30. The molecule has 3 aromatic carbocycles. The summed E-state index contributed by atoms with van der Waals surface area (Å²) in [5, 5.41) is 11.8. The van der Waals surface area contributed by atoms with Gasteiger partial charge in [0.25, 0.3) is 5.91 Å². The van der Waals surface area contributed by atoms with Gasteiger partial charge in [0.1, 0.15) is 23.2 Å². The Bertz CT molecular complexity index is 1750. The number of sulfonamides is 1. The summed E-state index contributed by atoms with van der Waals surface area (Å²) in [5.41, 5.74) is 1.20. The highest BCUT2D eigenvalue weighted by Gasteiger charge is 2.30. The number of benzene rings is 3. The van der Waals surface area contributed by atoms with Gasteiger partial charge >= 0.3 is 6.18 Å². The van der Waals surface area contributed by atoms with Gasteiger partial charge in [0.15, 0.2) is 0 Å². The third kappa shape index (κ3) is 7.54.